The molecular weight excluding hydrogens is 382 g/mol. The number of hydrogen-bond donors (Lipinski definition) is 2. The van der Waals surface area contributed by atoms with Crippen molar-refractivity contribution < 1.29 is 0 Å². The molecular formula is C16H13BrClN3S. The second-order valence-electron chi connectivity index (χ2n) is 4.87. The van der Waals surface area contributed by atoms with Crippen LogP contribution in [0.3, 0.4) is 0 Å². The molecule has 0 amide bonds. The minimum atomic E-state index is 0.604. The summed E-state index contributed by atoms with van der Waals surface area (Å²) in [5.74, 6) is 0. The van der Waals surface area contributed by atoms with Crippen LogP contribution in [0.25, 0.3) is 11.3 Å². The zero-order chi connectivity index (χ0) is 15.7. The van der Waals surface area contributed by atoms with Crippen molar-refractivity contribution in [3.8, 4) is 11.3 Å². The lowest BCUT2D eigenvalue weighted by Gasteiger charge is -2.12. The van der Waals surface area contributed by atoms with E-state index in [-0.39, 0.29) is 0 Å². The summed E-state index contributed by atoms with van der Waals surface area (Å²) >= 11 is 15.0. The quantitative estimate of drug-likeness (QED) is 0.549. The van der Waals surface area contributed by atoms with Crippen LogP contribution >= 0.6 is 39.7 Å². The van der Waals surface area contributed by atoms with Gasteiger partial charge in [-0.1, -0.05) is 45.7 Å². The third-order valence-corrected chi connectivity index (χ3v) is 4.25. The molecule has 0 bridgehead atoms. The summed E-state index contributed by atoms with van der Waals surface area (Å²) in [7, 11) is 0. The molecule has 3 rings (SSSR count). The minimum Gasteiger partial charge on any atom is -0.333 e. The molecule has 0 atom stereocenters. The Morgan fingerprint density at radius 3 is 2.68 bits per heavy atom. The highest BCUT2D eigenvalue weighted by molar-refractivity contribution is 9.10. The largest absolute Gasteiger partial charge is 0.333 e. The molecule has 0 fully saturated rings. The second kappa shape index (κ2) is 6.28. The van der Waals surface area contributed by atoms with Gasteiger partial charge < -0.3 is 4.98 Å². The van der Waals surface area contributed by atoms with Crippen molar-refractivity contribution in [1.82, 2.24) is 9.66 Å². The van der Waals surface area contributed by atoms with E-state index in [2.05, 4.69) is 32.4 Å². The Hall–Kier alpha value is -1.56. The molecule has 0 spiro atoms. The lowest BCUT2D eigenvalue weighted by atomic mass is 10.1. The van der Waals surface area contributed by atoms with E-state index in [1.165, 1.54) is 0 Å². The topological polar surface area (TPSA) is 32.8 Å². The van der Waals surface area contributed by atoms with Gasteiger partial charge in [0, 0.05) is 20.8 Å². The first-order valence-electron chi connectivity index (χ1n) is 6.65. The van der Waals surface area contributed by atoms with Gasteiger partial charge in [-0.2, -0.15) is 0 Å². The van der Waals surface area contributed by atoms with Crippen molar-refractivity contribution >= 4 is 45.4 Å². The van der Waals surface area contributed by atoms with Gasteiger partial charge in [-0.3, -0.25) is 5.43 Å². The zero-order valence-corrected chi connectivity index (χ0v) is 14.9. The van der Waals surface area contributed by atoms with Crippen LogP contribution in [-0.2, 0) is 0 Å². The number of aromatic nitrogens is 2. The molecule has 112 valence electrons. The van der Waals surface area contributed by atoms with Crippen LogP contribution in [0.4, 0.5) is 5.69 Å². The highest BCUT2D eigenvalue weighted by Crippen LogP contribution is 2.27. The van der Waals surface area contributed by atoms with Gasteiger partial charge in [-0.15, -0.1) is 0 Å². The van der Waals surface area contributed by atoms with Crippen molar-refractivity contribution in [1.29, 1.82) is 0 Å². The number of nitrogens with one attached hydrogen (secondary N) is 2. The van der Waals surface area contributed by atoms with Crippen molar-refractivity contribution in [2.45, 2.75) is 6.92 Å². The number of aromatic amines is 1. The van der Waals surface area contributed by atoms with Gasteiger partial charge in [0.25, 0.3) is 0 Å². The summed E-state index contributed by atoms with van der Waals surface area (Å²) in [5.41, 5.74) is 7.23. The van der Waals surface area contributed by atoms with E-state index in [0.717, 1.165) is 27.1 Å². The smallest absolute Gasteiger partial charge is 0.197 e. The van der Waals surface area contributed by atoms with E-state index in [0.29, 0.717) is 9.79 Å². The Kier molecular flexibility index (Phi) is 4.38. The molecule has 3 nitrogen and oxygen atoms in total. The van der Waals surface area contributed by atoms with Crippen LogP contribution in [0.2, 0.25) is 5.02 Å². The third kappa shape index (κ3) is 3.11. The van der Waals surface area contributed by atoms with E-state index >= 15 is 0 Å². The van der Waals surface area contributed by atoms with Gasteiger partial charge in [0.1, 0.15) is 0 Å². The summed E-state index contributed by atoms with van der Waals surface area (Å²) in [6.45, 7) is 2.00. The minimum absolute atomic E-state index is 0.604. The van der Waals surface area contributed by atoms with E-state index in [9.17, 15) is 0 Å². The number of H-pyrrole nitrogens is 1. The normalized spacial score (nSPS) is 10.7. The average molecular weight is 395 g/mol. The number of hydrogen-bond acceptors (Lipinski definition) is 2. The SMILES string of the molecule is Cc1[nH]c(=S)n(Nc2cccc(Cl)c2)c1-c1cccc(Br)c1. The Balaban J connectivity index is 2.10. The third-order valence-electron chi connectivity index (χ3n) is 3.24. The molecule has 6 heteroatoms. The summed E-state index contributed by atoms with van der Waals surface area (Å²) in [4.78, 5) is 3.20. The number of imidazole rings is 1. The first-order chi connectivity index (χ1) is 10.5. The van der Waals surface area contributed by atoms with Gasteiger partial charge in [-0.05, 0) is 49.5 Å². The van der Waals surface area contributed by atoms with Crippen LogP contribution < -0.4 is 5.43 Å². The van der Waals surface area contributed by atoms with E-state index in [4.69, 9.17) is 23.8 Å². The lowest BCUT2D eigenvalue weighted by Crippen LogP contribution is -2.10. The molecule has 0 radical (unpaired) electrons. The van der Waals surface area contributed by atoms with E-state index < -0.39 is 0 Å². The van der Waals surface area contributed by atoms with Gasteiger partial charge in [0.2, 0.25) is 0 Å². The van der Waals surface area contributed by atoms with E-state index in [1.54, 1.807) is 0 Å². The van der Waals surface area contributed by atoms with Crippen LogP contribution in [0.15, 0.2) is 53.0 Å². The van der Waals surface area contributed by atoms with Gasteiger partial charge in [-0.25, -0.2) is 4.68 Å². The standard InChI is InChI=1S/C16H13BrClN3S/c1-10-15(11-4-2-5-12(17)8-11)21(16(22)19-10)20-14-7-3-6-13(18)9-14/h2-9,20H,1H3,(H,19,22). The maximum Gasteiger partial charge on any atom is 0.197 e. The molecule has 0 aliphatic carbocycles. The molecule has 0 aliphatic rings. The molecule has 2 N–H and O–H groups in total. The average Bonchev–Trinajstić information content (AvgIpc) is 2.73. The highest BCUT2D eigenvalue weighted by Gasteiger charge is 2.12. The maximum atomic E-state index is 6.04. The van der Waals surface area contributed by atoms with Gasteiger partial charge in [0.05, 0.1) is 11.4 Å². The molecule has 1 heterocycles. The number of halogens is 2. The van der Waals surface area contributed by atoms with Gasteiger partial charge >= 0.3 is 0 Å². The molecule has 3 aromatic rings. The second-order valence-corrected chi connectivity index (χ2v) is 6.61. The fraction of sp³-hybridized carbons (Fsp3) is 0.0625. The number of benzene rings is 2. The van der Waals surface area contributed by atoms with E-state index in [1.807, 2.05) is 54.1 Å². The lowest BCUT2D eigenvalue weighted by molar-refractivity contribution is 0.942. The predicted molar refractivity (Wildman–Crippen MR) is 98.0 cm³/mol. The van der Waals surface area contributed by atoms with Crippen LogP contribution in [0.5, 0.6) is 0 Å². The highest BCUT2D eigenvalue weighted by atomic mass is 79.9. The maximum absolute atomic E-state index is 6.04. The number of rotatable bonds is 3. The number of anilines is 1. The zero-order valence-electron chi connectivity index (χ0n) is 11.7. The molecule has 0 saturated heterocycles. The molecule has 2 aromatic carbocycles. The van der Waals surface area contributed by atoms with Crippen molar-refractivity contribution in [2.24, 2.45) is 0 Å². The Morgan fingerprint density at radius 1 is 1.18 bits per heavy atom. The molecule has 0 saturated carbocycles. The first-order valence-corrected chi connectivity index (χ1v) is 8.22. The predicted octanol–water partition coefficient (Wildman–Crippen LogP) is 5.81. The van der Waals surface area contributed by atoms with Crippen LogP contribution in [0, 0.1) is 11.7 Å². The molecule has 0 unspecified atom stereocenters. The molecule has 0 aliphatic heterocycles. The van der Waals surface area contributed by atoms with Crippen molar-refractivity contribution in [3.05, 3.63) is 68.5 Å². The number of aryl methyl sites for hydroxylation is 1. The summed E-state index contributed by atoms with van der Waals surface area (Å²) < 4.78 is 3.48. The molecule has 22 heavy (non-hydrogen) atoms. The summed E-state index contributed by atoms with van der Waals surface area (Å²) in [5, 5.41) is 0.674. The number of nitrogens with zero attached hydrogens (tertiary/aromatic N) is 1. The first kappa shape index (κ1) is 15.3. The fourth-order valence-electron chi connectivity index (χ4n) is 2.32. The van der Waals surface area contributed by atoms with Crippen LogP contribution in [-0.4, -0.2) is 9.66 Å². The van der Waals surface area contributed by atoms with Crippen molar-refractivity contribution in [3.63, 3.8) is 0 Å². The van der Waals surface area contributed by atoms with Crippen LogP contribution in [0.1, 0.15) is 5.69 Å². The van der Waals surface area contributed by atoms with Crippen molar-refractivity contribution in [2.75, 3.05) is 5.43 Å². The summed E-state index contributed by atoms with van der Waals surface area (Å²) in [6.07, 6.45) is 0. The Morgan fingerprint density at radius 2 is 1.95 bits per heavy atom. The monoisotopic (exact) mass is 393 g/mol. The summed E-state index contributed by atoms with van der Waals surface area (Å²) in [6, 6.07) is 15.6. The molecule has 1 aromatic heterocycles. The Bertz CT molecular complexity index is 885. The Labute approximate surface area is 147 Å². The van der Waals surface area contributed by atoms with Gasteiger partial charge in [0.15, 0.2) is 4.77 Å². The fourth-order valence-corrected chi connectivity index (χ4v) is 3.20.